The van der Waals surface area contributed by atoms with Gasteiger partial charge in [0.15, 0.2) is 0 Å². The largest absolute Gasteiger partial charge is 0.480 e. The minimum atomic E-state index is -1.07. The van der Waals surface area contributed by atoms with Gasteiger partial charge in [-0.05, 0) is 36.1 Å². The standard InChI is InChI=1S/C23H26N2O5/c1-3-25(13-22(27)28)21(26)12-15(2)24-23(29)30-14-20-18-10-6-4-8-16(18)17-9-5-7-11-19(17)20/h4-11,15,20H,3,12-14H2,1-2H3,(H,24,29)(H,27,28). The first kappa shape index (κ1) is 21.4. The van der Waals surface area contributed by atoms with Crippen LogP contribution in [0.15, 0.2) is 48.5 Å². The zero-order valence-electron chi connectivity index (χ0n) is 17.1. The zero-order valence-corrected chi connectivity index (χ0v) is 17.1. The van der Waals surface area contributed by atoms with E-state index in [0.29, 0.717) is 6.54 Å². The molecule has 0 fully saturated rings. The Bertz CT molecular complexity index is 897. The lowest BCUT2D eigenvalue weighted by molar-refractivity contribution is -0.144. The first-order valence-electron chi connectivity index (χ1n) is 10.0. The molecular formula is C23H26N2O5. The summed E-state index contributed by atoms with van der Waals surface area (Å²) >= 11 is 0. The molecule has 0 aliphatic heterocycles. The molecule has 7 nitrogen and oxygen atoms in total. The van der Waals surface area contributed by atoms with Crippen molar-refractivity contribution in [1.82, 2.24) is 10.2 Å². The number of likely N-dealkylation sites (N-methyl/N-ethyl adjacent to an activating group) is 1. The van der Waals surface area contributed by atoms with Crippen LogP contribution in [0.1, 0.15) is 37.3 Å². The van der Waals surface area contributed by atoms with Gasteiger partial charge in [-0.3, -0.25) is 9.59 Å². The number of aliphatic carboxylic acids is 1. The van der Waals surface area contributed by atoms with Gasteiger partial charge in [0.1, 0.15) is 13.2 Å². The SMILES string of the molecule is CCN(CC(=O)O)C(=O)CC(C)NC(=O)OCC1c2ccccc2-c2ccccc21. The Morgan fingerprint density at radius 1 is 1.07 bits per heavy atom. The Labute approximate surface area is 175 Å². The van der Waals surface area contributed by atoms with E-state index in [-0.39, 0.29) is 31.4 Å². The van der Waals surface area contributed by atoms with Crippen molar-refractivity contribution in [3.63, 3.8) is 0 Å². The van der Waals surface area contributed by atoms with Crippen molar-refractivity contribution in [3.8, 4) is 11.1 Å². The molecule has 30 heavy (non-hydrogen) atoms. The summed E-state index contributed by atoms with van der Waals surface area (Å²) in [4.78, 5) is 36.6. The third-order valence-electron chi connectivity index (χ3n) is 5.25. The lowest BCUT2D eigenvalue weighted by Crippen LogP contribution is -2.41. The molecule has 0 aromatic heterocycles. The maximum Gasteiger partial charge on any atom is 0.407 e. The van der Waals surface area contributed by atoms with Crippen LogP contribution in [0.2, 0.25) is 0 Å². The fourth-order valence-corrected chi connectivity index (χ4v) is 3.82. The highest BCUT2D eigenvalue weighted by molar-refractivity contribution is 5.82. The van der Waals surface area contributed by atoms with Gasteiger partial charge in [0.05, 0.1) is 0 Å². The lowest BCUT2D eigenvalue weighted by atomic mass is 9.98. The molecule has 1 aliphatic rings. The van der Waals surface area contributed by atoms with E-state index in [2.05, 4.69) is 17.4 Å². The highest BCUT2D eigenvalue weighted by atomic mass is 16.5. The van der Waals surface area contributed by atoms with Crippen LogP contribution in [0.25, 0.3) is 11.1 Å². The van der Waals surface area contributed by atoms with Crippen LogP contribution >= 0.6 is 0 Å². The number of ether oxygens (including phenoxy) is 1. The number of carboxylic acid groups (broad SMARTS) is 1. The van der Waals surface area contributed by atoms with Gasteiger partial charge in [-0.2, -0.15) is 0 Å². The van der Waals surface area contributed by atoms with E-state index in [0.717, 1.165) is 22.3 Å². The molecule has 0 bridgehead atoms. The van der Waals surface area contributed by atoms with Gasteiger partial charge in [-0.15, -0.1) is 0 Å². The van der Waals surface area contributed by atoms with Crippen LogP contribution in [-0.4, -0.2) is 53.7 Å². The molecule has 0 saturated heterocycles. The predicted octanol–water partition coefficient (Wildman–Crippen LogP) is 3.24. The number of carbonyl (C=O) groups excluding carboxylic acids is 2. The quantitative estimate of drug-likeness (QED) is 0.697. The maximum absolute atomic E-state index is 12.3. The van der Waals surface area contributed by atoms with E-state index in [1.54, 1.807) is 13.8 Å². The molecule has 1 aliphatic carbocycles. The molecule has 2 N–H and O–H groups in total. The molecule has 1 unspecified atom stereocenters. The summed E-state index contributed by atoms with van der Waals surface area (Å²) in [5.74, 6) is -1.43. The molecule has 7 heteroatoms. The minimum absolute atomic E-state index is 0.00527. The van der Waals surface area contributed by atoms with Crippen LogP contribution in [0.4, 0.5) is 4.79 Å². The number of carbonyl (C=O) groups is 3. The second-order valence-corrected chi connectivity index (χ2v) is 7.38. The van der Waals surface area contributed by atoms with Crippen LogP contribution in [0.3, 0.4) is 0 Å². The molecule has 2 amide bonds. The highest BCUT2D eigenvalue weighted by Gasteiger charge is 2.29. The Morgan fingerprint density at radius 3 is 2.17 bits per heavy atom. The summed E-state index contributed by atoms with van der Waals surface area (Å²) in [6.07, 6.45) is -0.593. The summed E-state index contributed by atoms with van der Waals surface area (Å²) in [7, 11) is 0. The number of hydrogen-bond acceptors (Lipinski definition) is 4. The van der Waals surface area contributed by atoms with E-state index in [1.165, 1.54) is 4.90 Å². The van der Waals surface area contributed by atoms with E-state index in [4.69, 9.17) is 9.84 Å². The van der Waals surface area contributed by atoms with E-state index in [9.17, 15) is 14.4 Å². The van der Waals surface area contributed by atoms with Crippen LogP contribution in [0.5, 0.6) is 0 Å². The van der Waals surface area contributed by atoms with Gasteiger partial charge in [-0.1, -0.05) is 48.5 Å². The van der Waals surface area contributed by atoms with Crippen molar-refractivity contribution in [2.24, 2.45) is 0 Å². The average molecular weight is 410 g/mol. The summed E-state index contributed by atoms with van der Waals surface area (Å²) in [5.41, 5.74) is 4.56. The number of carboxylic acids is 1. The summed E-state index contributed by atoms with van der Waals surface area (Å²) in [5, 5.41) is 11.5. The molecule has 0 saturated carbocycles. The van der Waals surface area contributed by atoms with E-state index < -0.39 is 18.1 Å². The molecule has 2 aromatic carbocycles. The number of fused-ring (bicyclic) bond motifs is 3. The Morgan fingerprint density at radius 2 is 1.63 bits per heavy atom. The van der Waals surface area contributed by atoms with E-state index in [1.807, 2.05) is 36.4 Å². The monoisotopic (exact) mass is 410 g/mol. The fourth-order valence-electron chi connectivity index (χ4n) is 3.82. The van der Waals surface area contributed by atoms with Crippen molar-refractivity contribution in [3.05, 3.63) is 59.7 Å². The normalized spacial score (nSPS) is 13.1. The lowest BCUT2D eigenvalue weighted by Gasteiger charge is -2.21. The maximum atomic E-state index is 12.3. The second kappa shape index (κ2) is 9.43. The highest BCUT2D eigenvalue weighted by Crippen LogP contribution is 2.44. The summed E-state index contributed by atoms with van der Waals surface area (Å²) < 4.78 is 5.47. The van der Waals surface area contributed by atoms with Crippen molar-refractivity contribution >= 4 is 18.0 Å². The van der Waals surface area contributed by atoms with Gasteiger partial charge in [0, 0.05) is 24.9 Å². The van der Waals surface area contributed by atoms with Crippen molar-refractivity contribution in [2.45, 2.75) is 32.2 Å². The number of amides is 2. The van der Waals surface area contributed by atoms with Crippen LogP contribution < -0.4 is 5.32 Å². The molecule has 1 atom stereocenters. The number of benzene rings is 2. The molecule has 0 radical (unpaired) electrons. The molecule has 0 heterocycles. The molecule has 0 spiro atoms. The van der Waals surface area contributed by atoms with Crippen LogP contribution in [-0.2, 0) is 14.3 Å². The molecule has 2 aromatic rings. The number of alkyl carbamates (subject to hydrolysis) is 1. The Hall–Kier alpha value is -3.35. The van der Waals surface area contributed by atoms with Crippen molar-refractivity contribution in [2.75, 3.05) is 19.7 Å². The van der Waals surface area contributed by atoms with Gasteiger partial charge >= 0.3 is 12.1 Å². The van der Waals surface area contributed by atoms with Crippen molar-refractivity contribution < 1.29 is 24.2 Å². The Balaban J connectivity index is 1.56. The van der Waals surface area contributed by atoms with Gasteiger partial charge < -0.3 is 20.1 Å². The topological polar surface area (TPSA) is 95.9 Å². The third-order valence-corrected chi connectivity index (χ3v) is 5.25. The van der Waals surface area contributed by atoms with Crippen LogP contribution in [0, 0.1) is 0 Å². The zero-order chi connectivity index (χ0) is 21.7. The smallest absolute Gasteiger partial charge is 0.407 e. The minimum Gasteiger partial charge on any atom is -0.480 e. The predicted molar refractivity (Wildman–Crippen MR) is 112 cm³/mol. The van der Waals surface area contributed by atoms with Crippen molar-refractivity contribution in [1.29, 1.82) is 0 Å². The van der Waals surface area contributed by atoms with Gasteiger partial charge in [0.2, 0.25) is 5.91 Å². The Kier molecular flexibility index (Phi) is 6.72. The third kappa shape index (κ3) is 4.79. The number of nitrogens with zero attached hydrogens (tertiary/aromatic N) is 1. The molecular weight excluding hydrogens is 384 g/mol. The first-order chi connectivity index (χ1) is 14.4. The van der Waals surface area contributed by atoms with E-state index >= 15 is 0 Å². The van der Waals surface area contributed by atoms with Gasteiger partial charge in [-0.25, -0.2) is 4.79 Å². The summed E-state index contributed by atoms with van der Waals surface area (Å²) in [6.45, 7) is 3.54. The fraction of sp³-hybridized carbons (Fsp3) is 0.348. The number of rotatable bonds is 8. The first-order valence-corrected chi connectivity index (χ1v) is 10.0. The molecule has 158 valence electrons. The number of hydrogen-bond donors (Lipinski definition) is 2. The summed E-state index contributed by atoms with van der Waals surface area (Å²) in [6, 6.07) is 15.7. The number of nitrogens with one attached hydrogen (secondary N) is 1. The molecule has 3 rings (SSSR count). The second-order valence-electron chi connectivity index (χ2n) is 7.38. The average Bonchev–Trinajstić information content (AvgIpc) is 3.04. The van der Waals surface area contributed by atoms with Gasteiger partial charge in [0.25, 0.3) is 0 Å².